The minimum absolute atomic E-state index is 0.0209. The van der Waals surface area contributed by atoms with Crippen LogP contribution in [0, 0.1) is 5.82 Å². The van der Waals surface area contributed by atoms with Gasteiger partial charge in [-0.25, -0.2) is 9.59 Å². The van der Waals surface area contributed by atoms with E-state index in [1.807, 2.05) is 4.98 Å². The molecule has 1 aromatic heterocycles. The Morgan fingerprint density at radius 1 is 1.43 bits per heavy atom. The first-order valence-corrected chi connectivity index (χ1v) is 3.75. The average Bonchev–Trinajstić information content (AvgIpc) is 2.11. The Bertz CT molecular complexity index is 461. The van der Waals surface area contributed by atoms with Crippen LogP contribution >= 0.6 is 0 Å². The van der Waals surface area contributed by atoms with Gasteiger partial charge in [-0.3, -0.25) is 14.8 Å². The van der Waals surface area contributed by atoms with E-state index in [0.717, 1.165) is 0 Å². The van der Waals surface area contributed by atoms with Gasteiger partial charge in [0, 0.05) is 0 Å². The molecule has 0 fully saturated rings. The minimum atomic E-state index is -1.36. The molecule has 0 aromatic carbocycles. The Balaban J connectivity index is 3.27. The molecule has 0 spiro atoms. The lowest BCUT2D eigenvalue weighted by molar-refractivity contribution is 0.0512. The van der Waals surface area contributed by atoms with Gasteiger partial charge >= 0.3 is 11.7 Å². The first kappa shape index (κ1) is 10.2. The number of H-pyrrole nitrogens is 2. The summed E-state index contributed by atoms with van der Waals surface area (Å²) in [5, 5.41) is 0. The molecule has 1 heterocycles. The SMILES string of the molecule is CCOC(=O)c1[nH]c(=O)[nH]c(=O)c1F. The molecule has 0 unspecified atom stereocenters. The van der Waals surface area contributed by atoms with E-state index in [0.29, 0.717) is 0 Å². The van der Waals surface area contributed by atoms with Gasteiger partial charge in [0.1, 0.15) is 0 Å². The number of aromatic amines is 2. The van der Waals surface area contributed by atoms with E-state index in [1.54, 1.807) is 4.98 Å². The van der Waals surface area contributed by atoms with Crippen LogP contribution in [0.2, 0.25) is 0 Å². The van der Waals surface area contributed by atoms with Crippen LogP contribution in [0.3, 0.4) is 0 Å². The van der Waals surface area contributed by atoms with Gasteiger partial charge < -0.3 is 4.74 Å². The molecule has 0 saturated heterocycles. The number of rotatable bonds is 2. The van der Waals surface area contributed by atoms with Crippen LogP contribution in [0.15, 0.2) is 9.59 Å². The highest BCUT2D eigenvalue weighted by atomic mass is 19.1. The molecule has 1 aromatic rings. The number of carbonyl (C=O) groups is 1. The number of aromatic nitrogens is 2. The summed E-state index contributed by atoms with van der Waals surface area (Å²) in [4.78, 5) is 35.8. The summed E-state index contributed by atoms with van der Waals surface area (Å²) < 4.78 is 17.4. The molecule has 2 N–H and O–H groups in total. The highest BCUT2D eigenvalue weighted by Gasteiger charge is 2.17. The van der Waals surface area contributed by atoms with Crippen LogP contribution in [0.5, 0.6) is 0 Å². The smallest absolute Gasteiger partial charge is 0.358 e. The van der Waals surface area contributed by atoms with E-state index < -0.39 is 28.7 Å². The third kappa shape index (κ3) is 1.87. The molecule has 0 saturated carbocycles. The Kier molecular flexibility index (Phi) is 2.80. The molecule has 76 valence electrons. The Hall–Kier alpha value is -1.92. The third-order valence-electron chi connectivity index (χ3n) is 1.36. The van der Waals surface area contributed by atoms with Crippen molar-refractivity contribution in [3.05, 3.63) is 32.3 Å². The summed E-state index contributed by atoms with van der Waals surface area (Å²) >= 11 is 0. The van der Waals surface area contributed by atoms with Crippen molar-refractivity contribution in [2.24, 2.45) is 0 Å². The second-order valence-electron chi connectivity index (χ2n) is 2.32. The summed E-state index contributed by atoms with van der Waals surface area (Å²) in [5.74, 6) is -2.43. The predicted octanol–water partition coefficient (Wildman–Crippen LogP) is -0.621. The number of halogens is 1. The van der Waals surface area contributed by atoms with E-state index in [9.17, 15) is 18.8 Å². The first-order chi connectivity index (χ1) is 6.56. The lowest BCUT2D eigenvalue weighted by atomic mass is 10.4. The fraction of sp³-hybridized carbons (Fsp3) is 0.286. The van der Waals surface area contributed by atoms with Gasteiger partial charge in [-0.1, -0.05) is 0 Å². The number of esters is 1. The molecule has 1 rings (SSSR count). The van der Waals surface area contributed by atoms with Crippen LogP contribution in [0.25, 0.3) is 0 Å². The van der Waals surface area contributed by atoms with Crippen molar-refractivity contribution in [1.29, 1.82) is 0 Å². The number of hydrogen-bond acceptors (Lipinski definition) is 4. The summed E-state index contributed by atoms with van der Waals surface area (Å²) in [6.07, 6.45) is 0. The largest absolute Gasteiger partial charge is 0.461 e. The molecular weight excluding hydrogens is 195 g/mol. The topological polar surface area (TPSA) is 92.0 Å². The molecule has 0 bridgehead atoms. The fourth-order valence-electron chi connectivity index (χ4n) is 0.815. The maximum Gasteiger partial charge on any atom is 0.358 e. The van der Waals surface area contributed by atoms with Crippen molar-refractivity contribution in [3.63, 3.8) is 0 Å². The zero-order chi connectivity index (χ0) is 10.7. The zero-order valence-corrected chi connectivity index (χ0v) is 7.22. The monoisotopic (exact) mass is 202 g/mol. The van der Waals surface area contributed by atoms with Gasteiger partial charge in [0.05, 0.1) is 6.61 Å². The highest BCUT2D eigenvalue weighted by molar-refractivity contribution is 5.87. The molecule has 0 aliphatic carbocycles. The van der Waals surface area contributed by atoms with Crippen molar-refractivity contribution < 1.29 is 13.9 Å². The van der Waals surface area contributed by atoms with Crippen LogP contribution in [0.4, 0.5) is 4.39 Å². The maximum absolute atomic E-state index is 12.9. The van der Waals surface area contributed by atoms with Gasteiger partial charge in [0.25, 0.3) is 5.56 Å². The summed E-state index contributed by atoms with van der Waals surface area (Å²) in [6.45, 7) is 1.54. The van der Waals surface area contributed by atoms with Gasteiger partial charge in [-0.05, 0) is 6.92 Å². The number of ether oxygens (including phenoxy) is 1. The van der Waals surface area contributed by atoms with Crippen molar-refractivity contribution in [2.45, 2.75) is 6.92 Å². The lowest BCUT2D eigenvalue weighted by Crippen LogP contribution is -2.29. The van der Waals surface area contributed by atoms with E-state index in [1.165, 1.54) is 6.92 Å². The molecule has 0 amide bonds. The normalized spacial score (nSPS) is 9.86. The third-order valence-corrected chi connectivity index (χ3v) is 1.36. The second-order valence-corrected chi connectivity index (χ2v) is 2.32. The second kappa shape index (κ2) is 3.86. The highest BCUT2D eigenvalue weighted by Crippen LogP contribution is 1.97. The quantitative estimate of drug-likeness (QED) is 0.625. The Labute approximate surface area is 76.7 Å². The van der Waals surface area contributed by atoms with Crippen LogP contribution < -0.4 is 11.2 Å². The van der Waals surface area contributed by atoms with E-state index in [4.69, 9.17) is 0 Å². The molecule has 14 heavy (non-hydrogen) atoms. The van der Waals surface area contributed by atoms with Crippen LogP contribution in [-0.4, -0.2) is 22.5 Å². The molecular formula is C7H7FN2O4. The maximum atomic E-state index is 12.9. The van der Waals surface area contributed by atoms with Gasteiger partial charge in [-0.2, -0.15) is 4.39 Å². The average molecular weight is 202 g/mol. The number of hydrogen-bond donors (Lipinski definition) is 2. The Morgan fingerprint density at radius 2 is 2.07 bits per heavy atom. The fourth-order valence-corrected chi connectivity index (χ4v) is 0.815. The standard InChI is InChI=1S/C7H7FN2O4/c1-2-14-6(12)4-3(8)5(11)10-7(13)9-4/h2H2,1H3,(H2,9,10,11,13). The van der Waals surface area contributed by atoms with Crippen molar-refractivity contribution >= 4 is 5.97 Å². The number of nitrogens with one attached hydrogen (secondary N) is 2. The molecule has 0 radical (unpaired) electrons. The van der Waals surface area contributed by atoms with Crippen LogP contribution in [0.1, 0.15) is 17.4 Å². The van der Waals surface area contributed by atoms with Crippen molar-refractivity contribution in [1.82, 2.24) is 9.97 Å². The first-order valence-electron chi connectivity index (χ1n) is 3.75. The Morgan fingerprint density at radius 3 is 2.64 bits per heavy atom. The molecule has 0 aliphatic heterocycles. The summed E-state index contributed by atoms with van der Waals surface area (Å²) in [6, 6.07) is 0. The van der Waals surface area contributed by atoms with Gasteiger partial charge in [0.2, 0.25) is 5.82 Å². The zero-order valence-electron chi connectivity index (χ0n) is 7.22. The van der Waals surface area contributed by atoms with Gasteiger partial charge in [0.15, 0.2) is 5.69 Å². The lowest BCUT2D eigenvalue weighted by Gasteiger charge is -2.00. The molecule has 7 heteroatoms. The van der Waals surface area contributed by atoms with E-state index in [-0.39, 0.29) is 6.61 Å². The summed E-state index contributed by atoms with van der Waals surface area (Å²) in [5.41, 5.74) is -2.98. The van der Waals surface area contributed by atoms with Crippen molar-refractivity contribution in [2.75, 3.05) is 6.61 Å². The summed E-state index contributed by atoms with van der Waals surface area (Å²) in [7, 11) is 0. The van der Waals surface area contributed by atoms with E-state index >= 15 is 0 Å². The molecule has 0 atom stereocenters. The van der Waals surface area contributed by atoms with E-state index in [2.05, 4.69) is 4.74 Å². The number of carbonyl (C=O) groups excluding carboxylic acids is 1. The minimum Gasteiger partial charge on any atom is -0.461 e. The molecule has 0 aliphatic rings. The predicted molar refractivity (Wildman–Crippen MR) is 43.6 cm³/mol. The van der Waals surface area contributed by atoms with Crippen LogP contribution in [-0.2, 0) is 4.74 Å². The van der Waals surface area contributed by atoms with Crippen molar-refractivity contribution in [3.8, 4) is 0 Å². The van der Waals surface area contributed by atoms with Gasteiger partial charge in [-0.15, -0.1) is 0 Å². The molecule has 6 nitrogen and oxygen atoms in total.